The minimum Gasteiger partial charge on any atom is -0.278 e. The summed E-state index contributed by atoms with van der Waals surface area (Å²) in [6.45, 7) is 3.75. The number of benzene rings is 1. The van der Waals surface area contributed by atoms with E-state index < -0.39 is 10.0 Å². The van der Waals surface area contributed by atoms with Crippen LogP contribution in [-0.2, 0) is 10.0 Å². The fourth-order valence-corrected chi connectivity index (χ4v) is 4.60. The van der Waals surface area contributed by atoms with Gasteiger partial charge in [0, 0.05) is 11.6 Å². The molecule has 21 heavy (non-hydrogen) atoms. The first-order valence-electron chi connectivity index (χ1n) is 6.09. The van der Waals surface area contributed by atoms with Gasteiger partial charge < -0.3 is 0 Å². The van der Waals surface area contributed by atoms with Gasteiger partial charge in [0.25, 0.3) is 10.0 Å². The Morgan fingerprint density at radius 3 is 2.86 bits per heavy atom. The number of anilines is 1. The van der Waals surface area contributed by atoms with Crippen molar-refractivity contribution in [2.24, 2.45) is 0 Å². The third-order valence-electron chi connectivity index (χ3n) is 3.07. The van der Waals surface area contributed by atoms with Gasteiger partial charge in [-0.1, -0.05) is 23.7 Å². The van der Waals surface area contributed by atoms with E-state index in [1.807, 2.05) is 26.0 Å². The quantitative estimate of drug-likeness (QED) is 0.793. The molecule has 2 heterocycles. The Morgan fingerprint density at radius 2 is 2.10 bits per heavy atom. The second-order valence-electron chi connectivity index (χ2n) is 4.69. The maximum atomic E-state index is 12.6. The lowest BCUT2D eigenvalue weighted by Crippen LogP contribution is -2.16. The monoisotopic (exact) mass is 341 g/mol. The molecule has 0 saturated heterocycles. The first-order valence-corrected chi connectivity index (χ1v) is 8.84. The zero-order valence-electron chi connectivity index (χ0n) is 11.3. The third-order valence-corrected chi connectivity index (χ3v) is 5.59. The Bertz CT molecular complexity index is 928. The van der Waals surface area contributed by atoms with E-state index in [-0.39, 0.29) is 10.2 Å². The molecule has 0 fully saturated rings. The van der Waals surface area contributed by atoms with Crippen molar-refractivity contribution in [1.29, 1.82) is 0 Å². The van der Waals surface area contributed by atoms with E-state index in [0.29, 0.717) is 10.6 Å². The van der Waals surface area contributed by atoms with Gasteiger partial charge in [-0.3, -0.25) is 9.12 Å². The van der Waals surface area contributed by atoms with Crippen molar-refractivity contribution in [2.45, 2.75) is 18.9 Å². The number of thiazole rings is 1. The van der Waals surface area contributed by atoms with Gasteiger partial charge in [0.1, 0.15) is 0 Å². The number of hydrogen-bond donors (Lipinski definition) is 1. The first kappa shape index (κ1) is 14.4. The largest absolute Gasteiger partial charge is 0.281 e. The molecule has 2 aromatic heterocycles. The smallest absolute Gasteiger partial charge is 0.278 e. The zero-order valence-corrected chi connectivity index (χ0v) is 13.7. The van der Waals surface area contributed by atoms with Crippen molar-refractivity contribution < 1.29 is 8.42 Å². The molecule has 0 spiro atoms. The number of nitrogens with zero attached hydrogens (tertiary/aromatic N) is 2. The van der Waals surface area contributed by atoms with Gasteiger partial charge in [0.2, 0.25) is 0 Å². The molecular weight excluding hydrogens is 330 g/mol. The molecule has 1 aromatic carbocycles. The number of imidazole rings is 1. The maximum absolute atomic E-state index is 12.6. The number of halogens is 1. The Balaban J connectivity index is 2.10. The van der Waals surface area contributed by atoms with Gasteiger partial charge in [0.05, 0.1) is 5.69 Å². The summed E-state index contributed by atoms with van der Waals surface area (Å²) in [6.07, 6.45) is 1.64. The van der Waals surface area contributed by atoms with Gasteiger partial charge in [-0.15, -0.1) is 11.3 Å². The number of aryl methyl sites for hydroxylation is 2. The third kappa shape index (κ3) is 2.52. The van der Waals surface area contributed by atoms with E-state index in [1.165, 1.54) is 15.7 Å². The summed E-state index contributed by atoms with van der Waals surface area (Å²) in [6, 6.07) is 5.58. The summed E-state index contributed by atoms with van der Waals surface area (Å²) in [5.41, 5.74) is 2.35. The van der Waals surface area contributed by atoms with Gasteiger partial charge in [-0.2, -0.15) is 8.42 Å². The highest BCUT2D eigenvalue weighted by atomic mass is 35.5. The van der Waals surface area contributed by atoms with E-state index in [9.17, 15) is 8.42 Å². The molecule has 3 rings (SSSR count). The number of sulfonamides is 1. The molecule has 0 radical (unpaired) electrons. The number of fused-ring (bicyclic) bond motifs is 1. The van der Waals surface area contributed by atoms with Crippen LogP contribution in [0.1, 0.15) is 11.1 Å². The Morgan fingerprint density at radius 1 is 1.33 bits per heavy atom. The van der Waals surface area contributed by atoms with Crippen molar-refractivity contribution in [3.05, 3.63) is 46.1 Å². The minimum atomic E-state index is -3.81. The summed E-state index contributed by atoms with van der Waals surface area (Å²) in [7, 11) is -3.81. The van der Waals surface area contributed by atoms with Gasteiger partial charge in [-0.05, 0) is 31.0 Å². The molecule has 0 atom stereocenters. The number of nitrogens with one attached hydrogen (secondary N) is 1. The Labute approximate surface area is 131 Å². The van der Waals surface area contributed by atoms with E-state index in [2.05, 4.69) is 9.71 Å². The SMILES string of the molecule is Cc1ccc(C)c(NS(=O)(=O)c2c(Cl)nc3sccn23)c1. The van der Waals surface area contributed by atoms with Gasteiger partial charge >= 0.3 is 0 Å². The molecule has 110 valence electrons. The van der Waals surface area contributed by atoms with Crippen molar-refractivity contribution in [2.75, 3.05) is 4.72 Å². The van der Waals surface area contributed by atoms with Crippen LogP contribution in [0.2, 0.25) is 5.15 Å². The van der Waals surface area contributed by atoms with Crippen molar-refractivity contribution in [1.82, 2.24) is 9.38 Å². The van der Waals surface area contributed by atoms with Crippen LogP contribution >= 0.6 is 22.9 Å². The van der Waals surface area contributed by atoms with E-state index in [0.717, 1.165) is 11.1 Å². The second kappa shape index (κ2) is 5.01. The van der Waals surface area contributed by atoms with Gasteiger partial charge in [-0.25, -0.2) is 4.98 Å². The highest BCUT2D eigenvalue weighted by molar-refractivity contribution is 7.92. The molecule has 0 aliphatic carbocycles. The van der Waals surface area contributed by atoms with Crippen LogP contribution in [0.3, 0.4) is 0 Å². The molecule has 0 bridgehead atoms. The number of hydrogen-bond acceptors (Lipinski definition) is 4. The standard InChI is InChI=1S/C13H12ClN3O2S2/c1-8-3-4-9(2)10(7-8)16-21(18,19)12-11(14)15-13-17(12)5-6-20-13/h3-7,16H,1-2H3. The van der Waals surface area contributed by atoms with Gasteiger partial charge in [0.15, 0.2) is 15.1 Å². The van der Waals surface area contributed by atoms with E-state index in [4.69, 9.17) is 11.6 Å². The predicted molar refractivity (Wildman–Crippen MR) is 84.8 cm³/mol. The molecule has 0 saturated carbocycles. The number of rotatable bonds is 3. The van der Waals surface area contributed by atoms with Crippen LogP contribution in [-0.4, -0.2) is 17.8 Å². The summed E-state index contributed by atoms with van der Waals surface area (Å²) >= 11 is 7.31. The summed E-state index contributed by atoms with van der Waals surface area (Å²) in [5, 5.41) is 1.69. The highest BCUT2D eigenvalue weighted by Crippen LogP contribution is 2.28. The summed E-state index contributed by atoms with van der Waals surface area (Å²) in [5.74, 6) is 0. The lowest BCUT2D eigenvalue weighted by atomic mass is 10.1. The Hall–Kier alpha value is -1.57. The summed E-state index contributed by atoms with van der Waals surface area (Å²) in [4.78, 5) is 4.59. The molecular formula is C13H12ClN3O2S2. The van der Waals surface area contributed by atoms with E-state index >= 15 is 0 Å². The van der Waals surface area contributed by atoms with Crippen LogP contribution in [0.4, 0.5) is 5.69 Å². The maximum Gasteiger partial charge on any atom is 0.281 e. The average Bonchev–Trinajstić information content (AvgIpc) is 2.92. The fourth-order valence-electron chi connectivity index (χ4n) is 2.02. The lowest BCUT2D eigenvalue weighted by molar-refractivity contribution is 0.596. The van der Waals surface area contributed by atoms with Crippen LogP contribution in [0, 0.1) is 13.8 Å². The molecule has 0 aliphatic heterocycles. The summed E-state index contributed by atoms with van der Waals surface area (Å²) < 4.78 is 29.3. The molecule has 5 nitrogen and oxygen atoms in total. The molecule has 1 N–H and O–H groups in total. The molecule has 8 heteroatoms. The molecule has 0 amide bonds. The second-order valence-corrected chi connectivity index (χ2v) is 7.52. The predicted octanol–water partition coefficient (Wildman–Crippen LogP) is 3.47. The van der Waals surface area contributed by atoms with Crippen LogP contribution in [0.5, 0.6) is 0 Å². The van der Waals surface area contributed by atoms with Crippen LogP contribution < -0.4 is 4.72 Å². The van der Waals surface area contributed by atoms with Crippen molar-refractivity contribution in [3.63, 3.8) is 0 Å². The molecule has 3 aromatic rings. The highest BCUT2D eigenvalue weighted by Gasteiger charge is 2.25. The van der Waals surface area contributed by atoms with E-state index in [1.54, 1.807) is 17.6 Å². The first-order chi connectivity index (χ1) is 9.88. The van der Waals surface area contributed by atoms with Crippen LogP contribution in [0.25, 0.3) is 4.96 Å². The van der Waals surface area contributed by atoms with Crippen LogP contribution in [0.15, 0.2) is 34.8 Å². The normalized spacial score (nSPS) is 12.0. The minimum absolute atomic E-state index is 0.0281. The lowest BCUT2D eigenvalue weighted by Gasteiger charge is -2.11. The zero-order chi connectivity index (χ0) is 15.2. The number of aromatic nitrogens is 2. The van der Waals surface area contributed by atoms with Crippen molar-refractivity contribution >= 4 is 43.6 Å². The van der Waals surface area contributed by atoms with Crippen molar-refractivity contribution in [3.8, 4) is 0 Å². The molecule has 0 aliphatic rings. The average molecular weight is 342 g/mol. The molecule has 0 unspecified atom stereocenters. The Kier molecular flexibility index (Phi) is 3.43. The fraction of sp³-hybridized carbons (Fsp3) is 0.154. The topological polar surface area (TPSA) is 63.5 Å².